The van der Waals surface area contributed by atoms with Crippen molar-refractivity contribution in [3.8, 4) is 0 Å². The average molecular weight is 398 g/mol. The minimum Gasteiger partial charge on any atom is -0.459 e. The Kier molecular flexibility index (Phi) is 6.20. The molecule has 27 heavy (non-hydrogen) atoms. The van der Waals surface area contributed by atoms with Crippen LogP contribution < -0.4 is 0 Å². The highest BCUT2D eigenvalue weighted by Crippen LogP contribution is 2.44. The number of methoxy groups -OCH3 is 1. The van der Waals surface area contributed by atoms with E-state index in [0.717, 1.165) is 19.1 Å². The summed E-state index contributed by atoms with van der Waals surface area (Å²) < 4.78 is 45.6. The van der Waals surface area contributed by atoms with Gasteiger partial charge in [0.05, 0.1) is 12.4 Å². The van der Waals surface area contributed by atoms with E-state index in [1.165, 1.54) is 19.6 Å². The Hall–Kier alpha value is -1.48. The predicted octanol–water partition coefficient (Wildman–Crippen LogP) is 2.22. The molecule has 1 heterocycles. The lowest BCUT2D eigenvalue weighted by Crippen LogP contribution is -2.59. The number of rotatable bonds is 5. The Morgan fingerprint density at radius 2 is 1.85 bits per heavy atom. The standard InChI is InChI=1S/C19H26O7S/c1-12(20)24-17-15-11-14(13-7-5-4-6-8-13)9-10-16(15)25-19(23-2)18(17)26-27(3,21)22/h4-8,14-19H,9-11H2,1-3H3/t14?,15?,16?,17-,18+,19?/m0/s1. The second-order valence-corrected chi connectivity index (χ2v) is 8.80. The number of ether oxygens (including phenoxy) is 3. The van der Waals surface area contributed by atoms with Gasteiger partial charge in [-0.15, -0.1) is 0 Å². The first-order valence-corrected chi connectivity index (χ1v) is 10.9. The van der Waals surface area contributed by atoms with Gasteiger partial charge in [0.25, 0.3) is 10.1 Å². The molecule has 3 rings (SSSR count). The molecule has 1 saturated heterocycles. The Balaban J connectivity index is 1.89. The zero-order valence-corrected chi connectivity index (χ0v) is 16.6. The molecule has 0 aromatic heterocycles. The molecule has 8 heteroatoms. The van der Waals surface area contributed by atoms with Crippen LogP contribution in [0.25, 0.3) is 0 Å². The third-order valence-corrected chi connectivity index (χ3v) is 5.82. The van der Waals surface area contributed by atoms with Crippen molar-refractivity contribution in [1.82, 2.24) is 0 Å². The second-order valence-electron chi connectivity index (χ2n) is 7.20. The van der Waals surface area contributed by atoms with Gasteiger partial charge < -0.3 is 14.2 Å². The van der Waals surface area contributed by atoms with Crippen LogP contribution in [0.5, 0.6) is 0 Å². The van der Waals surface area contributed by atoms with E-state index in [2.05, 4.69) is 12.1 Å². The molecular weight excluding hydrogens is 372 g/mol. The summed E-state index contributed by atoms with van der Waals surface area (Å²) in [6, 6.07) is 10.1. The maximum Gasteiger partial charge on any atom is 0.303 e. The third kappa shape index (κ3) is 4.87. The maximum atomic E-state index is 11.8. The molecule has 1 aromatic rings. The number of hydrogen-bond donors (Lipinski definition) is 0. The molecule has 2 aliphatic rings. The fourth-order valence-electron chi connectivity index (χ4n) is 4.21. The van der Waals surface area contributed by atoms with Crippen LogP contribution in [0, 0.1) is 5.92 Å². The van der Waals surface area contributed by atoms with Crippen LogP contribution >= 0.6 is 0 Å². The minimum atomic E-state index is -3.79. The van der Waals surface area contributed by atoms with Crippen molar-refractivity contribution in [3.05, 3.63) is 35.9 Å². The van der Waals surface area contributed by atoms with Crippen LogP contribution in [0.15, 0.2) is 30.3 Å². The van der Waals surface area contributed by atoms with E-state index in [1.54, 1.807) is 0 Å². The lowest BCUT2D eigenvalue weighted by atomic mass is 9.72. The number of hydrogen-bond acceptors (Lipinski definition) is 7. The van der Waals surface area contributed by atoms with E-state index >= 15 is 0 Å². The highest BCUT2D eigenvalue weighted by molar-refractivity contribution is 7.86. The number of benzene rings is 1. The van der Waals surface area contributed by atoms with Crippen LogP contribution in [-0.2, 0) is 33.3 Å². The lowest BCUT2D eigenvalue weighted by molar-refractivity contribution is -0.280. The molecule has 1 aliphatic carbocycles. The van der Waals surface area contributed by atoms with Crippen molar-refractivity contribution in [2.45, 2.75) is 56.7 Å². The fraction of sp³-hybridized carbons (Fsp3) is 0.632. The average Bonchev–Trinajstić information content (AvgIpc) is 2.62. The van der Waals surface area contributed by atoms with Gasteiger partial charge in [-0.2, -0.15) is 8.42 Å². The SMILES string of the molecule is COC1OC2CCC(c3ccccc3)CC2[C@H](OC(C)=O)[C@H]1OS(C)(=O)=O. The molecule has 0 N–H and O–H groups in total. The monoisotopic (exact) mass is 398 g/mol. The number of fused-ring (bicyclic) bond motifs is 1. The Morgan fingerprint density at radius 1 is 1.15 bits per heavy atom. The van der Waals surface area contributed by atoms with Crippen molar-refractivity contribution in [3.63, 3.8) is 0 Å². The molecule has 0 amide bonds. The molecule has 1 saturated carbocycles. The molecule has 1 aliphatic heterocycles. The normalized spacial score (nSPS) is 33.9. The van der Waals surface area contributed by atoms with Gasteiger partial charge in [0.15, 0.2) is 12.4 Å². The largest absolute Gasteiger partial charge is 0.459 e. The van der Waals surface area contributed by atoms with Crippen LogP contribution in [0.4, 0.5) is 0 Å². The van der Waals surface area contributed by atoms with E-state index < -0.39 is 34.6 Å². The van der Waals surface area contributed by atoms with E-state index in [4.69, 9.17) is 18.4 Å². The van der Waals surface area contributed by atoms with E-state index in [1.807, 2.05) is 18.2 Å². The Labute approximate surface area is 160 Å². The molecular formula is C19H26O7S. The van der Waals surface area contributed by atoms with Gasteiger partial charge in [-0.3, -0.25) is 8.98 Å². The predicted molar refractivity (Wildman–Crippen MR) is 97.5 cm³/mol. The van der Waals surface area contributed by atoms with Crippen molar-refractivity contribution in [2.75, 3.05) is 13.4 Å². The molecule has 6 atom stereocenters. The summed E-state index contributed by atoms with van der Waals surface area (Å²) in [7, 11) is -2.37. The van der Waals surface area contributed by atoms with E-state index in [0.29, 0.717) is 6.42 Å². The molecule has 1 aromatic carbocycles. The fourth-order valence-corrected chi connectivity index (χ4v) is 4.81. The molecule has 0 radical (unpaired) electrons. The molecule has 7 nitrogen and oxygen atoms in total. The number of esters is 1. The zero-order chi connectivity index (χ0) is 19.6. The van der Waals surface area contributed by atoms with Gasteiger partial charge in [-0.05, 0) is 30.7 Å². The van der Waals surface area contributed by atoms with Crippen LogP contribution in [0.1, 0.15) is 37.7 Å². The summed E-state index contributed by atoms with van der Waals surface area (Å²) in [6.45, 7) is 1.31. The Morgan fingerprint density at radius 3 is 2.44 bits per heavy atom. The first kappa shape index (κ1) is 20.3. The zero-order valence-electron chi connectivity index (χ0n) is 15.7. The molecule has 2 fully saturated rings. The van der Waals surface area contributed by atoms with Gasteiger partial charge in [0.2, 0.25) is 0 Å². The van der Waals surface area contributed by atoms with E-state index in [9.17, 15) is 13.2 Å². The highest BCUT2D eigenvalue weighted by atomic mass is 32.2. The van der Waals surface area contributed by atoms with Crippen LogP contribution in [0.2, 0.25) is 0 Å². The summed E-state index contributed by atoms with van der Waals surface area (Å²) >= 11 is 0. The van der Waals surface area contributed by atoms with Gasteiger partial charge in [0.1, 0.15) is 6.10 Å². The Bertz CT molecular complexity index is 749. The molecule has 0 spiro atoms. The molecule has 150 valence electrons. The van der Waals surface area contributed by atoms with Crippen molar-refractivity contribution < 1.29 is 31.6 Å². The smallest absolute Gasteiger partial charge is 0.303 e. The summed E-state index contributed by atoms with van der Waals surface area (Å²) in [6.07, 6.45) is 0.491. The van der Waals surface area contributed by atoms with Gasteiger partial charge in [0, 0.05) is 20.0 Å². The quantitative estimate of drug-likeness (QED) is 0.555. The topological polar surface area (TPSA) is 88.1 Å². The van der Waals surface area contributed by atoms with Crippen molar-refractivity contribution >= 4 is 16.1 Å². The lowest BCUT2D eigenvalue weighted by Gasteiger charge is -2.48. The van der Waals surface area contributed by atoms with Crippen molar-refractivity contribution in [1.29, 1.82) is 0 Å². The van der Waals surface area contributed by atoms with E-state index in [-0.39, 0.29) is 17.9 Å². The van der Waals surface area contributed by atoms with Gasteiger partial charge >= 0.3 is 5.97 Å². The summed E-state index contributed by atoms with van der Waals surface area (Å²) in [5.74, 6) is -0.377. The maximum absolute atomic E-state index is 11.8. The third-order valence-electron chi connectivity index (χ3n) is 5.25. The second kappa shape index (κ2) is 8.26. The summed E-state index contributed by atoms with van der Waals surface area (Å²) in [5.41, 5.74) is 1.21. The van der Waals surface area contributed by atoms with Gasteiger partial charge in [-0.25, -0.2) is 0 Å². The summed E-state index contributed by atoms with van der Waals surface area (Å²) in [5, 5.41) is 0. The number of carbonyl (C=O) groups is 1. The molecule has 4 unspecified atom stereocenters. The van der Waals surface area contributed by atoms with Crippen LogP contribution in [0.3, 0.4) is 0 Å². The van der Waals surface area contributed by atoms with Crippen molar-refractivity contribution in [2.24, 2.45) is 5.92 Å². The summed E-state index contributed by atoms with van der Waals surface area (Å²) in [4.78, 5) is 11.7. The van der Waals surface area contributed by atoms with Crippen LogP contribution in [-0.4, -0.2) is 52.4 Å². The first-order valence-electron chi connectivity index (χ1n) is 9.07. The minimum absolute atomic E-state index is 0.175. The molecule has 0 bridgehead atoms. The number of carbonyl (C=O) groups excluding carboxylic acids is 1. The highest BCUT2D eigenvalue weighted by Gasteiger charge is 2.52. The van der Waals surface area contributed by atoms with Gasteiger partial charge in [-0.1, -0.05) is 30.3 Å². The first-order chi connectivity index (χ1) is 12.8.